The third-order valence-electron chi connectivity index (χ3n) is 2.06. The van der Waals surface area contributed by atoms with Crippen LogP contribution in [0, 0.1) is 5.92 Å². The second kappa shape index (κ2) is 3.17. The normalized spacial score (nSPS) is 34.4. The molecule has 1 heterocycles. The Bertz CT molecular complexity index is 131. The van der Waals surface area contributed by atoms with Crippen LogP contribution in [0.15, 0.2) is 12.2 Å². The summed E-state index contributed by atoms with van der Waals surface area (Å²) < 4.78 is 0. The summed E-state index contributed by atoms with van der Waals surface area (Å²) in [5.41, 5.74) is 1.32. The number of hydrogen-bond acceptors (Lipinski definition) is 2. The molecule has 1 aliphatic heterocycles. The van der Waals surface area contributed by atoms with Gasteiger partial charge >= 0.3 is 0 Å². The van der Waals surface area contributed by atoms with Crippen molar-refractivity contribution in [3.05, 3.63) is 12.2 Å². The van der Waals surface area contributed by atoms with Crippen LogP contribution in [0.25, 0.3) is 0 Å². The average molecular weight is 140 g/mol. The van der Waals surface area contributed by atoms with Crippen LogP contribution in [0.5, 0.6) is 0 Å². The van der Waals surface area contributed by atoms with Crippen molar-refractivity contribution < 1.29 is 0 Å². The van der Waals surface area contributed by atoms with Gasteiger partial charge in [-0.15, -0.1) is 0 Å². The monoisotopic (exact) mass is 140 g/mol. The maximum atomic E-state index is 3.94. The molecule has 0 spiro atoms. The average Bonchev–Trinajstić information content (AvgIpc) is 1.88. The molecule has 0 aliphatic carbocycles. The number of piperidine rings is 1. The molecule has 2 N–H and O–H groups in total. The molecule has 10 heavy (non-hydrogen) atoms. The molecule has 2 unspecified atom stereocenters. The highest BCUT2D eigenvalue weighted by Gasteiger charge is 2.19. The van der Waals surface area contributed by atoms with Gasteiger partial charge in [-0.2, -0.15) is 0 Å². The molecule has 2 nitrogen and oxygen atoms in total. The molecule has 0 aromatic heterocycles. The fourth-order valence-electron chi connectivity index (χ4n) is 1.49. The summed E-state index contributed by atoms with van der Waals surface area (Å²) in [6.07, 6.45) is 1.63. The van der Waals surface area contributed by atoms with Crippen LogP contribution in [-0.4, -0.2) is 19.8 Å². The zero-order chi connectivity index (χ0) is 7.56. The highest BCUT2D eigenvalue weighted by atomic mass is 15.1. The van der Waals surface area contributed by atoms with Gasteiger partial charge in [0.05, 0.1) is 6.17 Å². The molecule has 1 rings (SSSR count). The van der Waals surface area contributed by atoms with E-state index in [9.17, 15) is 0 Å². The Morgan fingerprint density at radius 2 is 2.40 bits per heavy atom. The van der Waals surface area contributed by atoms with Crippen molar-refractivity contribution in [2.45, 2.75) is 19.5 Å². The number of nitrogens with one attached hydrogen (secondary N) is 2. The minimum Gasteiger partial charge on any atom is -0.305 e. The summed E-state index contributed by atoms with van der Waals surface area (Å²) in [6, 6.07) is 0. The van der Waals surface area contributed by atoms with Gasteiger partial charge in [0.15, 0.2) is 0 Å². The standard InChI is InChI=1S/C8H16N2/c1-6-4-7(2)8(9-3)10-5-6/h7-10H,1,4-5H2,2-3H3. The van der Waals surface area contributed by atoms with Gasteiger partial charge in [0.2, 0.25) is 0 Å². The van der Waals surface area contributed by atoms with Gasteiger partial charge < -0.3 is 5.32 Å². The van der Waals surface area contributed by atoms with Crippen LogP contribution in [0.4, 0.5) is 0 Å². The van der Waals surface area contributed by atoms with E-state index in [0.717, 1.165) is 13.0 Å². The largest absolute Gasteiger partial charge is 0.305 e. The van der Waals surface area contributed by atoms with Crippen molar-refractivity contribution in [3.63, 3.8) is 0 Å². The van der Waals surface area contributed by atoms with E-state index >= 15 is 0 Å². The topological polar surface area (TPSA) is 24.1 Å². The Morgan fingerprint density at radius 1 is 1.70 bits per heavy atom. The number of hydrogen-bond donors (Lipinski definition) is 2. The van der Waals surface area contributed by atoms with Crippen LogP contribution in [0.1, 0.15) is 13.3 Å². The highest BCUT2D eigenvalue weighted by molar-refractivity contribution is 5.03. The predicted octanol–water partition coefficient (Wildman–Crippen LogP) is 0.717. The van der Waals surface area contributed by atoms with Gasteiger partial charge in [-0.05, 0) is 19.4 Å². The third-order valence-corrected chi connectivity index (χ3v) is 2.06. The molecule has 0 bridgehead atoms. The first kappa shape index (κ1) is 7.76. The third kappa shape index (κ3) is 1.58. The summed E-state index contributed by atoms with van der Waals surface area (Å²) >= 11 is 0. The Morgan fingerprint density at radius 3 is 2.90 bits per heavy atom. The molecule has 58 valence electrons. The van der Waals surface area contributed by atoms with Gasteiger partial charge in [-0.25, -0.2) is 0 Å². The van der Waals surface area contributed by atoms with Crippen LogP contribution in [0.2, 0.25) is 0 Å². The van der Waals surface area contributed by atoms with E-state index < -0.39 is 0 Å². The first-order valence-corrected chi connectivity index (χ1v) is 3.81. The summed E-state index contributed by atoms with van der Waals surface area (Å²) in [7, 11) is 1.99. The van der Waals surface area contributed by atoms with Gasteiger partial charge in [-0.3, -0.25) is 5.32 Å². The summed E-state index contributed by atoms with van der Waals surface area (Å²) in [5.74, 6) is 0.672. The summed E-state index contributed by atoms with van der Waals surface area (Å²) in [6.45, 7) is 7.15. The van der Waals surface area contributed by atoms with E-state index in [-0.39, 0.29) is 0 Å². The SMILES string of the molecule is C=C1CNC(NC)C(C)C1. The van der Waals surface area contributed by atoms with Crippen LogP contribution >= 0.6 is 0 Å². The Labute approximate surface area is 62.7 Å². The second-order valence-electron chi connectivity index (χ2n) is 3.08. The second-order valence-corrected chi connectivity index (χ2v) is 3.08. The molecule has 0 aromatic rings. The highest BCUT2D eigenvalue weighted by Crippen LogP contribution is 2.16. The van der Waals surface area contributed by atoms with Gasteiger partial charge in [0.1, 0.15) is 0 Å². The van der Waals surface area contributed by atoms with E-state index in [1.54, 1.807) is 0 Å². The van der Waals surface area contributed by atoms with E-state index in [0.29, 0.717) is 12.1 Å². The number of rotatable bonds is 1. The molecule has 2 heteroatoms. The Hall–Kier alpha value is -0.340. The van der Waals surface area contributed by atoms with E-state index in [2.05, 4.69) is 24.1 Å². The fraction of sp³-hybridized carbons (Fsp3) is 0.750. The fourth-order valence-corrected chi connectivity index (χ4v) is 1.49. The van der Waals surface area contributed by atoms with Crippen molar-refractivity contribution in [2.24, 2.45) is 5.92 Å². The molecular formula is C8H16N2. The zero-order valence-corrected chi connectivity index (χ0v) is 6.78. The van der Waals surface area contributed by atoms with Crippen molar-refractivity contribution in [3.8, 4) is 0 Å². The lowest BCUT2D eigenvalue weighted by molar-refractivity contribution is 0.309. The van der Waals surface area contributed by atoms with Crippen LogP contribution in [0.3, 0.4) is 0 Å². The van der Waals surface area contributed by atoms with E-state index in [1.165, 1.54) is 5.57 Å². The maximum absolute atomic E-state index is 3.94. The Balaban J connectivity index is 2.43. The van der Waals surface area contributed by atoms with E-state index in [1.807, 2.05) is 7.05 Å². The molecule has 0 saturated carbocycles. The first-order chi connectivity index (χ1) is 4.74. The van der Waals surface area contributed by atoms with Crippen molar-refractivity contribution in [2.75, 3.05) is 13.6 Å². The summed E-state index contributed by atoms with van der Waals surface area (Å²) in [4.78, 5) is 0. The van der Waals surface area contributed by atoms with E-state index in [4.69, 9.17) is 0 Å². The zero-order valence-electron chi connectivity index (χ0n) is 6.78. The molecule has 2 atom stereocenters. The van der Waals surface area contributed by atoms with Gasteiger partial charge in [0, 0.05) is 6.54 Å². The smallest absolute Gasteiger partial charge is 0.0601 e. The van der Waals surface area contributed by atoms with Crippen molar-refractivity contribution in [1.82, 2.24) is 10.6 Å². The summed E-state index contributed by atoms with van der Waals surface area (Å²) in [5, 5.41) is 6.58. The molecule has 0 amide bonds. The van der Waals surface area contributed by atoms with Crippen molar-refractivity contribution in [1.29, 1.82) is 0 Å². The van der Waals surface area contributed by atoms with Gasteiger partial charge in [0.25, 0.3) is 0 Å². The first-order valence-electron chi connectivity index (χ1n) is 3.81. The minimum atomic E-state index is 0.477. The molecule has 1 aliphatic rings. The minimum absolute atomic E-state index is 0.477. The predicted molar refractivity (Wildman–Crippen MR) is 43.8 cm³/mol. The molecular weight excluding hydrogens is 124 g/mol. The van der Waals surface area contributed by atoms with Crippen molar-refractivity contribution >= 4 is 0 Å². The van der Waals surface area contributed by atoms with Crippen LogP contribution in [-0.2, 0) is 0 Å². The lowest BCUT2D eigenvalue weighted by Crippen LogP contribution is -2.49. The quantitative estimate of drug-likeness (QED) is 0.524. The molecule has 1 saturated heterocycles. The molecule has 1 fully saturated rings. The molecule has 0 radical (unpaired) electrons. The maximum Gasteiger partial charge on any atom is 0.0601 e. The Kier molecular flexibility index (Phi) is 2.46. The molecule has 0 aromatic carbocycles. The van der Waals surface area contributed by atoms with Crippen LogP contribution < -0.4 is 10.6 Å². The van der Waals surface area contributed by atoms with Gasteiger partial charge in [-0.1, -0.05) is 19.1 Å². The lowest BCUT2D eigenvalue weighted by Gasteiger charge is -2.30. The lowest BCUT2D eigenvalue weighted by atomic mass is 9.95.